The maximum atomic E-state index is 5.43. The monoisotopic (exact) mass is 335 g/mol. The van der Waals surface area contributed by atoms with Crippen molar-refractivity contribution in [2.75, 3.05) is 11.9 Å². The SMILES string of the molecule is CCOc1cc(NC(C)c2ccc(Br)cc2)nc(C)n1. The molecule has 1 unspecified atom stereocenters. The molecule has 2 rings (SSSR count). The molecule has 0 aliphatic carbocycles. The molecule has 0 radical (unpaired) electrons. The number of benzene rings is 1. The topological polar surface area (TPSA) is 47.0 Å². The van der Waals surface area contributed by atoms with Gasteiger partial charge in [-0.1, -0.05) is 28.1 Å². The molecule has 1 aromatic heterocycles. The lowest BCUT2D eigenvalue weighted by atomic mass is 10.1. The molecular weight excluding hydrogens is 318 g/mol. The average molecular weight is 336 g/mol. The van der Waals surface area contributed by atoms with Crippen LogP contribution in [0.2, 0.25) is 0 Å². The lowest BCUT2D eigenvalue weighted by molar-refractivity contribution is 0.325. The number of anilines is 1. The molecule has 0 aliphatic heterocycles. The van der Waals surface area contributed by atoms with Gasteiger partial charge in [-0.2, -0.15) is 4.98 Å². The van der Waals surface area contributed by atoms with Crippen molar-refractivity contribution in [3.8, 4) is 5.88 Å². The largest absolute Gasteiger partial charge is 0.478 e. The van der Waals surface area contributed by atoms with Crippen molar-refractivity contribution in [1.82, 2.24) is 9.97 Å². The van der Waals surface area contributed by atoms with E-state index in [-0.39, 0.29) is 6.04 Å². The van der Waals surface area contributed by atoms with E-state index in [2.05, 4.69) is 50.3 Å². The Labute approximate surface area is 127 Å². The van der Waals surface area contributed by atoms with Gasteiger partial charge >= 0.3 is 0 Å². The third-order valence-corrected chi connectivity index (χ3v) is 3.37. The fourth-order valence-electron chi connectivity index (χ4n) is 1.89. The van der Waals surface area contributed by atoms with Crippen molar-refractivity contribution in [2.24, 2.45) is 0 Å². The van der Waals surface area contributed by atoms with Gasteiger partial charge < -0.3 is 10.1 Å². The van der Waals surface area contributed by atoms with Gasteiger partial charge in [-0.25, -0.2) is 4.98 Å². The predicted molar refractivity (Wildman–Crippen MR) is 84.1 cm³/mol. The van der Waals surface area contributed by atoms with E-state index in [4.69, 9.17) is 4.74 Å². The highest BCUT2D eigenvalue weighted by molar-refractivity contribution is 9.10. The highest BCUT2D eigenvalue weighted by atomic mass is 79.9. The summed E-state index contributed by atoms with van der Waals surface area (Å²) < 4.78 is 6.51. The van der Waals surface area contributed by atoms with Crippen LogP contribution >= 0.6 is 15.9 Å². The molecule has 0 amide bonds. The molecule has 106 valence electrons. The minimum Gasteiger partial charge on any atom is -0.478 e. The Bertz CT molecular complexity index is 572. The van der Waals surface area contributed by atoms with E-state index < -0.39 is 0 Å². The van der Waals surface area contributed by atoms with Gasteiger partial charge in [0.05, 0.1) is 6.61 Å². The molecule has 1 atom stereocenters. The normalized spacial score (nSPS) is 12.0. The van der Waals surface area contributed by atoms with Crippen molar-refractivity contribution in [3.63, 3.8) is 0 Å². The highest BCUT2D eigenvalue weighted by Crippen LogP contribution is 2.22. The number of halogens is 1. The van der Waals surface area contributed by atoms with Crippen LogP contribution in [0.1, 0.15) is 31.3 Å². The molecule has 0 bridgehead atoms. The van der Waals surface area contributed by atoms with Crippen LogP contribution in [0.3, 0.4) is 0 Å². The summed E-state index contributed by atoms with van der Waals surface area (Å²) in [5, 5.41) is 3.37. The Morgan fingerprint density at radius 2 is 1.95 bits per heavy atom. The van der Waals surface area contributed by atoms with E-state index in [1.165, 1.54) is 5.56 Å². The third kappa shape index (κ3) is 3.93. The number of nitrogens with zero attached hydrogens (tertiary/aromatic N) is 2. The Kier molecular flexibility index (Phi) is 4.95. The first-order valence-electron chi connectivity index (χ1n) is 6.59. The second kappa shape index (κ2) is 6.70. The van der Waals surface area contributed by atoms with Crippen molar-refractivity contribution in [2.45, 2.75) is 26.8 Å². The molecule has 0 aliphatic rings. The maximum absolute atomic E-state index is 5.43. The first-order valence-corrected chi connectivity index (χ1v) is 7.38. The molecule has 5 heteroatoms. The van der Waals surface area contributed by atoms with Crippen LogP contribution in [0.5, 0.6) is 5.88 Å². The Morgan fingerprint density at radius 3 is 2.60 bits per heavy atom. The smallest absolute Gasteiger partial charge is 0.218 e. The summed E-state index contributed by atoms with van der Waals surface area (Å²) in [6, 6.07) is 10.2. The van der Waals surface area contributed by atoms with Crippen LogP contribution in [-0.4, -0.2) is 16.6 Å². The molecule has 0 spiro atoms. The zero-order chi connectivity index (χ0) is 14.5. The van der Waals surface area contributed by atoms with Crippen LogP contribution in [-0.2, 0) is 0 Å². The predicted octanol–water partition coefficient (Wildman–Crippen LogP) is 4.12. The van der Waals surface area contributed by atoms with E-state index in [0.29, 0.717) is 18.3 Å². The number of aromatic nitrogens is 2. The molecule has 20 heavy (non-hydrogen) atoms. The van der Waals surface area contributed by atoms with Gasteiger partial charge in [-0.3, -0.25) is 0 Å². The van der Waals surface area contributed by atoms with Crippen LogP contribution < -0.4 is 10.1 Å². The Balaban J connectivity index is 2.14. The highest BCUT2D eigenvalue weighted by Gasteiger charge is 2.08. The minimum atomic E-state index is 0.159. The number of hydrogen-bond acceptors (Lipinski definition) is 4. The van der Waals surface area contributed by atoms with Crippen LogP contribution in [0.15, 0.2) is 34.8 Å². The summed E-state index contributed by atoms with van der Waals surface area (Å²) in [5.74, 6) is 2.07. The van der Waals surface area contributed by atoms with Gasteiger partial charge in [0.25, 0.3) is 0 Å². The zero-order valence-corrected chi connectivity index (χ0v) is 13.4. The summed E-state index contributed by atoms with van der Waals surface area (Å²) >= 11 is 3.44. The number of hydrogen-bond donors (Lipinski definition) is 1. The zero-order valence-electron chi connectivity index (χ0n) is 11.9. The van der Waals surface area contributed by atoms with Crippen molar-refractivity contribution in [3.05, 3.63) is 46.2 Å². The number of aryl methyl sites for hydroxylation is 1. The van der Waals surface area contributed by atoms with E-state index >= 15 is 0 Å². The van der Waals surface area contributed by atoms with Gasteiger partial charge in [0.15, 0.2) is 0 Å². The first kappa shape index (κ1) is 14.8. The van der Waals surface area contributed by atoms with E-state index in [9.17, 15) is 0 Å². The number of rotatable bonds is 5. The molecule has 4 nitrogen and oxygen atoms in total. The molecule has 2 aromatic rings. The number of nitrogens with one attached hydrogen (secondary N) is 1. The van der Waals surface area contributed by atoms with Gasteiger partial charge in [-0.05, 0) is 38.5 Å². The summed E-state index contributed by atoms with van der Waals surface area (Å²) in [6.45, 7) is 6.49. The standard InChI is InChI=1S/C15H18BrN3O/c1-4-20-15-9-14(18-11(3)19-15)17-10(2)12-5-7-13(16)8-6-12/h5-10H,4H2,1-3H3,(H,17,18,19). The molecule has 0 fully saturated rings. The Hall–Kier alpha value is -1.62. The van der Waals surface area contributed by atoms with Gasteiger partial charge in [0, 0.05) is 16.6 Å². The van der Waals surface area contributed by atoms with Crippen LogP contribution in [0, 0.1) is 6.92 Å². The van der Waals surface area contributed by atoms with E-state index in [1.54, 1.807) is 0 Å². The summed E-state index contributed by atoms with van der Waals surface area (Å²) in [6.07, 6.45) is 0. The lowest BCUT2D eigenvalue weighted by Crippen LogP contribution is -2.09. The molecular formula is C15H18BrN3O. The van der Waals surface area contributed by atoms with Crippen LogP contribution in [0.4, 0.5) is 5.82 Å². The Morgan fingerprint density at radius 1 is 1.25 bits per heavy atom. The van der Waals surface area contributed by atoms with E-state index in [1.807, 2.05) is 32.0 Å². The van der Waals surface area contributed by atoms with Crippen molar-refractivity contribution in [1.29, 1.82) is 0 Å². The van der Waals surface area contributed by atoms with Gasteiger partial charge in [-0.15, -0.1) is 0 Å². The lowest BCUT2D eigenvalue weighted by Gasteiger charge is -2.16. The minimum absolute atomic E-state index is 0.159. The molecule has 0 saturated carbocycles. The molecule has 1 aromatic carbocycles. The van der Waals surface area contributed by atoms with Crippen molar-refractivity contribution < 1.29 is 4.74 Å². The first-order chi connectivity index (χ1) is 9.58. The molecule has 1 heterocycles. The van der Waals surface area contributed by atoms with Gasteiger partial charge in [0.2, 0.25) is 5.88 Å². The fraction of sp³-hybridized carbons (Fsp3) is 0.333. The van der Waals surface area contributed by atoms with Gasteiger partial charge in [0.1, 0.15) is 11.6 Å². The molecule has 1 N–H and O–H groups in total. The summed E-state index contributed by atoms with van der Waals surface area (Å²) in [7, 11) is 0. The summed E-state index contributed by atoms with van der Waals surface area (Å²) in [5.41, 5.74) is 1.20. The summed E-state index contributed by atoms with van der Waals surface area (Å²) in [4.78, 5) is 8.62. The van der Waals surface area contributed by atoms with Crippen molar-refractivity contribution >= 4 is 21.7 Å². The average Bonchev–Trinajstić information content (AvgIpc) is 2.39. The van der Waals surface area contributed by atoms with E-state index in [0.717, 1.165) is 10.3 Å². The second-order valence-electron chi connectivity index (χ2n) is 4.49. The van der Waals surface area contributed by atoms with Crippen LogP contribution in [0.25, 0.3) is 0 Å². The quantitative estimate of drug-likeness (QED) is 0.892. The third-order valence-electron chi connectivity index (χ3n) is 2.84. The fourth-order valence-corrected chi connectivity index (χ4v) is 2.16. The second-order valence-corrected chi connectivity index (χ2v) is 5.40. The number of ether oxygens (including phenoxy) is 1. The maximum Gasteiger partial charge on any atom is 0.218 e. The molecule has 0 saturated heterocycles.